The molecule has 7 heteroatoms. The van der Waals surface area contributed by atoms with Crippen molar-refractivity contribution in [2.45, 2.75) is 62.7 Å². The van der Waals surface area contributed by atoms with Crippen molar-refractivity contribution in [3.63, 3.8) is 0 Å². The maximum absolute atomic E-state index is 12.2. The Morgan fingerprint density at radius 3 is 2.72 bits per heavy atom. The Kier molecular flexibility index (Phi) is 7.22. The first-order valence-corrected chi connectivity index (χ1v) is 11.1. The number of ether oxygens (including phenoxy) is 2. The number of nitrogens with one attached hydrogen (secondary N) is 1. The summed E-state index contributed by atoms with van der Waals surface area (Å²) in [7, 11) is 0. The van der Waals surface area contributed by atoms with Crippen molar-refractivity contribution in [2.24, 2.45) is 17.8 Å². The number of para-hydroxylation sites is 1. The molecule has 1 aromatic carbocycles. The molecule has 1 heterocycles. The number of hydrogen-bond donors (Lipinski definition) is 1. The van der Waals surface area contributed by atoms with Crippen LogP contribution in [0.4, 0.5) is 5.69 Å². The van der Waals surface area contributed by atoms with Gasteiger partial charge in [0.05, 0.1) is 17.4 Å². The van der Waals surface area contributed by atoms with E-state index in [9.17, 15) is 14.4 Å². The Labute approximate surface area is 176 Å². The number of fused-ring (bicyclic) bond motifs is 1. The highest BCUT2D eigenvalue weighted by atomic mass is 32.2. The molecule has 0 saturated heterocycles. The van der Waals surface area contributed by atoms with Gasteiger partial charge >= 0.3 is 11.9 Å². The smallest absolute Gasteiger partial charge is 0.344 e. The molecule has 1 amide bonds. The topological polar surface area (TPSA) is 81.7 Å². The fourth-order valence-corrected chi connectivity index (χ4v) is 5.12. The molecule has 0 unspecified atom stereocenters. The third-order valence-electron chi connectivity index (χ3n) is 5.65. The highest BCUT2D eigenvalue weighted by molar-refractivity contribution is 8.01. The number of carbonyl (C=O) groups is 3. The van der Waals surface area contributed by atoms with E-state index in [1.807, 2.05) is 24.3 Å². The number of thioether (sulfide) groups is 1. The van der Waals surface area contributed by atoms with Crippen molar-refractivity contribution in [3.05, 3.63) is 24.3 Å². The van der Waals surface area contributed by atoms with Crippen molar-refractivity contribution < 1.29 is 23.9 Å². The van der Waals surface area contributed by atoms with Crippen LogP contribution in [0.2, 0.25) is 0 Å². The first-order valence-electron chi connectivity index (χ1n) is 10.2. The van der Waals surface area contributed by atoms with Crippen LogP contribution in [0.3, 0.4) is 0 Å². The lowest BCUT2D eigenvalue weighted by Gasteiger charge is -2.36. The Morgan fingerprint density at radius 2 is 1.97 bits per heavy atom. The third kappa shape index (κ3) is 5.75. The second-order valence-corrected chi connectivity index (χ2v) is 9.56. The monoisotopic (exact) mass is 419 g/mol. The summed E-state index contributed by atoms with van der Waals surface area (Å²) in [5.74, 6) is -0.0271. The summed E-state index contributed by atoms with van der Waals surface area (Å²) in [4.78, 5) is 37.5. The van der Waals surface area contributed by atoms with Gasteiger partial charge in [-0.2, -0.15) is 0 Å². The number of benzene rings is 1. The van der Waals surface area contributed by atoms with Crippen molar-refractivity contribution in [1.29, 1.82) is 0 Å². The van der Waals surface area contributed by atoms with Gasteiger partial charge in [0.15, 0.2) is 6.61 Å². The van der Waals surface area contributed by atoms with Gasteiger partial charge in [0.2, 0.25) is 5.91 Å². The zero-order chi connectivity index (χ0) is 21.0. The summed E-state index contributed by atoms with van der Waals surface area (Å²) in [5.41, 5.74) is 0.747. The average Bonchev–Trinajstić information content (AvgIpc) is 2.67. The van der Waals surface area contributed by atoms with E-state index in [-0.39, 0.29) is 18.4 Å². The maximum atomic E-state index is 12.2. The molecule has 1 N–H and O–H groups in total. The van der Waals surface area contributed by atoms with Gasteiger partial charge in [-0.25, -0.2) is 4.79 Å². The third-order valence-corrected chi connectivity index (χ3v) is 6.93. The lowest BCUT2D eigenvalue weighted by Crippen LogP contribution is -2.37. The van der Waals surface area contributed by atoms with Gasteiger partial charge in [0, 0.05) is 4.90 Å². The Bertz CT molecular complexity index is 765. The van der Waals surface area contributed by atoms with Gasteiger partial charge in [-0.1, -0.05) is 39.3 Å². The average molecular weight is 420 g/mol. The highest BCUT2D eigenvalue weighted by Gasteiger charge is 2.34. The Morgan fingerprint density at radius 1 is 1.21 bits per heavy atom. The van der Waals surface area contributed by atoms with E-state index in [4.69, 9.17) is 9.47 Å². The Hall–Kier alpha value is -2.02. The van der Waals surface area contributed by atoms with E-state index < -0.39 is 23.8 Å². The van der Waals surface area contributed by atoms with Crippen molar-refractivity contribution >= 4 is 35.3 Å². The van der Waals surface area contributed by atoms with Crippen LogP contribution in [-0.4, -0.2) is 35.8 Å². The van der Waals surface area contributed by atoms with Gasteiger partial charge in [-0.3, -0.25) is 9.59 Å². The van der Waals surface area contributed by atoms with Crippen LogP contribution in [0, 0.1) is 17.8 Å². The van der Waals surface area contributed by atoms with E-state index in [2.05, 4.69) is 26.1 Å². The molecule has 0 bridgehead atoms. The van der Waals surface area contributed by atoms with Gasteiger partial charge in [0.25, 0.3) is 0 Å². The summed E-state index contributed by atoms with van der Waals surface area (Å²) in [6.45, 7) is 6.05. The van der Waals surface area contributed by atoms with Crippen LogP contribution >= 0.6 is 11.8 Å². The largest absolute Gasteiger partial charge is 0.460 e. The van der Waals surface area contributed by atoms with Gasteiger partial charge in [0.1, 0.15) is 6.10 Å². The van der Waals surface area contributed by atoms with Gasteiger partial charge in [-0.15, -0.1) is 11.8 Å². The minimum atomic E-state index is -0.577. The summed E-state index contributed by atoms with van der Waals surface area (Å²) >= 11 is 1.33. The standard InChI is InChI=1S/C22H29NO5S/c1-13(2)15-9-8-14(3)10-17(15)28-21(25)12-27-20(24)11-19-22(26)23-16-6-4-5-7-18(16)29-19/h4-7,13-15,17,19H,8-12H2,1-3H3,(H,23,26)/t14-,15-,17+,19+/m1/s1. The number of esters is 2. The van der Waals surface area contributed by atoms with Crippen LogP contribution in [0.1, 0.15) is 46.5 Å². The molecular formula is C22H29NO5S. The fraction of sp³-hybridized carbons (Fsp3) is 0.591. The molecule has 6 nitrogen and oxygen atoms in total. The quantitative estimate of drug-likeness (QED) is 0.701. The normalized spacial score (nSPS) is 26.4. The lowest BCUT2D eigenvalue weighted by molar-refractivity contribution is -0.167. The number of rotatable bonds is 6. The van der Waals surface area contributed by atoms with Crippen LogP contribution in [0.25, 0.3) is 0 Å². The second kappa shape index (κ2) is 9.65. The molecule has 1 aliphatic heterocycles. The lowest BCUT2D eigenvalue weighted by atomic mass is 9.75. The molecule has 4 atom stereocenters. The molecule has 158 valence electrons. The summed E-state index contributed by atoms with van der Waals surface area (Å²) in [6.07, 6.45) is 2.83. The van der Waals surface area contributed by atoms with Crippen molar-refractivity contribution in [1.82, 2.24) is 0 Å². The van der Waals surface area contributed by atoms with Crippen LogP contribution in [0.15, 0.2) is 29.2 Å². The molecule has 1 aromatic rings. The first-order chi connectivity index (χ1) is 13.8. The highest BCUT2D eigenvalue weighted by Crippen LogP contribution is 2.37. The second-order valence-electron chi connectivity index (χ2n) is 8.31. The summed E-state index contributed by atoms with van der Waals surface area (Å²) in [6, 6.07) is 7.44. The zero-order valence-corrected chi connectivity index (χ0v) is 18.0. The summed E-state index contributed by atoms with van der Waals surface area (Å²) in [5, 5.41) is 2.22. The minimum absolute atomic E-state index is 0.0901. The van der Waals surface area contributed by atoms with Crippen LogP contribution in [0.5, 0.6) is 0 Å². The minimum Gasteiger partial charge on any atom is -0.460 e. The number of hydrogen-bond acceptors (Lipinski definition) is 6. The van der Waals surface area contributed by atoms with E-state index in [1.54, 1.807) is 0 Å². The molecule has 0 aromatic heterocycles. The molecule has 2 aliphatic rings. The van der Waals surface area contributed by atoms with E-state index in [1.165, 1.54) is 11.8 Å². The van der Waals surface area contributed by atoms with Crippen LogP contribution in [-0.2, 0) is 23.9 Å². The van der Waals surface area contributed by atoms with Crippen molar-refractivity contribution in [2.75, 3.05) is 11.9 Å². The molecule has 1 saturated carbocycles. The molecule has 29 heavy (non-hydrogen) atoms. The van der Waals surface area contributed by atoms with E-state index >= 15 is 0 Å². The first kappa shape index (κ1) is 21.7. The van der Waals surface area contributed by atoms with Gasteiger partial charge < -0.3 is 14.8 Å². The molecular weight excluding hydrogens is 390 g/mol. The Balaban J connectivity index is 1.46. The van der Waals surface area contributed by atoms with Gasteiger partial charge in [-0.05, 0) is 42.7 Å². The number of carbonyl (C=O) groups excluding carboxylic acids is 3. The van der Waals surface area contributed by atoms with E-state index in [0.717, 1.165) is 29.8 Å². The molecule has 0 spiro atoms. The number of anilines is 1. The molecule has 1 fully saturated rings. The molecule has 0 radical (unpaired) electrons. The fourth-order valence-electron chi connectivity index (χ4n) is 4.03. The SMILES string of the molecule is CC(C)[C@H]1CC[C@@H](C)C[C@@H]1OC(=O)COC(=O)C[C@@H]1Sc2ccccc2NC1=O. The predicted octanol–water partition coefficient (Wildman–Crippen LogP) is 4.04. The summed E-state index contributed by atoms with van der Waals surface area (Å²) < 4.78 is 10.7. The van der Waals surface area contributed by atoms with Crippen LogP contribution < -0.4 is 5.32 Å². The van der Waals surface area contributed by atoms with Crippen molar-refractivity contribution in [3.8, 4) is 0 Å². The maximum Gasteiger partial charge on any atom is 0.344 e. The number of amides is 1. The molecule has 3 rings (SSSR count). The zero-order valence-electron chi connectivity index (χ0n) is 17.2. The van der Waals surface area contributed by atoms with E-state index in [0.29, 0.717) is 17.8 Å². The molecule has 1 aliphatic carbocycles. The predicted molar refractivity (Wildman–Crippen MR) is 112 cm³/mol.